The summed E-state index contributed by atoms with van der Waals surface area (Å²) in [5.41, 5.74) is 0.897. The molecule has 0 spiro atoms. The molecule has 0 bridgehead atoms. The van der Waals surface area contributed by atoms with Crippen molar-refractivity contribution in [2.45, 2.75) is 64.2 Å². The Morgan fingerprint density at radius 3 is 2.67 bits per heavy atom. The molecule has 0 radical (unpaired) electrons. The molecule has 2 amide bonds. The first-order chi connectivity index (χ1) is 20.4. The Balaban J connectivity index is 1.32. The molecule has 2 aliphatic rings. The van der Waals surface area contributed by atoms with Crippen molar-refractivity contribution in [1.82, 2.24) is 30.4 Å². The molecule has 1 aliphatic heterocycles. The monoisotopic (exact) mass is 574 g/mol. The maximum atomic E-state index is 14.3. The minimum atomic E-state index is -1.06. The van der Waals surface area contributed by atoms with Crippen molar-refractivity contribution in [3.8, 4) is 22.9 Å². The number of furan rings is 1. The van der Waals surface area contributed by atoms with Crippen molar-refractivity contribution in [2.75, 3.05) is 6.79 Å². The summed E-state index contributed by atoms with van der Waals surface area (Å²) in [6, 6.07) is 13.9. The minimum absolute atomic E-state index is 0.0209. The molecule has 2 aromatic heterocycles. The Kier molecular flexibility index (Phi) is 7.85. The second-order valence-electron chi connectivity index (χ2n) is 10.5. The number of halogens is 1. The number of carbonyl (C=O) groups is 2. The Morgan fingerprint density at radius 1 is 1.07 bits per heavy atom. The van der Waals surface area contributed by atoms with Gasteiger partial charge in [-0.1, -0.05) is 37.5 Å². The summed E-state index contributed by atoms with van der Waals surface area (Å²) >= 11 is 0. The van der Waals surface area contributed by atoms with E-state index >= 15 is 0 Å². The number of amides is 2. The number of fused-ring (bicyclic) bond motifs is 1. The van der Waals surface area contributed by atoms with Crippen LogP contribution in [0.5, 0.6) is 11.5 Å². The van der Waals surface area contributed by atoms with Crippen molar-refractivity contribution in [3.05, 3.63) is 77.5 Å². The summed E-state index contributed by atoms with van der Waals surface area (Å²) in [5, 5.41) is 15.3. The van der Waals surface area contributed by atoms with Crippen LogP contribution in [0.3, 0.4) is 0 Å². The van der Waals surface area contributed by atoms with Crippen LogP contribution >= 0.6 is 0 Å². The fraction of sp³-hybridized carbons (Fsp3) is 0.367. The molecule has 12 heteroatoms. The van der Waals surface area contributed by atoms with Crippen molar-refractivity contribution in [1.29, 1.82) is 0 Å². The summed E-state index contributed by atoms with van der Waals surface area (Å²) in [6.07, 6.45) is 4.98. The number of ether oxygens (including phenoxy) is 2. The molecule has 42 heavy (non-hydrogen) atoms. The van der Waals surface area contributed by atoms with Gasteiger partial charge < -0.3 is 24.1 Å². The molecule has 1 atom stereocenters. The predicted octanol–water partition coefficient (Wildman–Crippen LogP) is 4.33. The van der Waals surface area contributed by atoms with Crippen LogP contribution in [0.1, 0.15) is 55.2 Å². The quantitative estimate of drug-likeness (QED) is 0.313. The molecule has 0 saturated heterocycles. The summed E-state index contributed by atoms with van der Waals surface area (Å²) < 4.78 is 31.2. The minimum Gasteiger partial charge on any atom is -0.464 e. The van der Waals surface area contributed by atoms with Gasteiger partial charge in [0.25, 0.3) is 5.91 Å². The number of carbonyl (C=O) groups excluding carboxylic acids is 2. The number of rotatable bonds is 9. The highest BCUT2D eigenvalue weighted by Gasteiger charge is 2.36. The van der Waals surface area contributed by atoms with Gasteiger partial charge >= 0.3 is 0 Å². The number of aromatic nitrogens is 4. The average molecular weight is 575 g/mol. The van der Waals surface area contributed by atoms with Crippen LogP contribution in [0.2, 0.25) is 0 Å². The topological polar surface area (TPSA) is 125 Å². The fourth-order valence-electron chi connectivity index (χ4n) is 5.38. The third-order valence-electron chi connectivity index (χ3n) is 7.50. The number of hydrogen-bond acceptors (Lipinski definition) is 8. The second-order valence-corrected chi connectivity index (χ2v) is 10.5. The van der Waals surface area contributed by atoms with Gasteiger partial charge in [0, 0.05) is 12.6 Å². The first-order valence-electron chi connectivity index (χ1n) is 14.0. The zero-order valence-corrected chi connectivity index (χ0v) is 23.2. The smallest absolute Gasteiger partial charge is 0.250 e. The van der Waals surface area contributed by atoms with Gasteiger partial charge in [0.05, 0.1) is 5.56 Å². The summed E-state index contributed by atoms with van der Waals surface area (Å²) in [7, 11) is 0. The van der Waals surface area contributed by atoms with Gasteiger partial charge in [-0.2, -0.15) is 4.80 Å². The zero-order chi connectivity index (χ0) is 29.1. The van der Waals surface area contributed by atoms with Gasteiger partial charge in [0.2, 0.25) is 18.5 Å². The lowest BCUT2D eigenvalue weighted by atomic mass is 9.95. The van der Waals surface area contributed by atoms with Crippen molar-refractivity contribution < 1.29 is 27.9 Å². The lowest BCUT2D eigenvalue weighted by Gasteiger charge is -2.32. The molecule has 2 aromatic carbocycles. The standard InChI is InChI=1S/C30H31FN6O5/c1-19-11-13-25(42-19)28(30(39)32-21-7-3-2-4-8-21)36(16-20-12-14-24-26(15-20)41-18-40-24)27(38)17-37-34-29(33-35-37)22-9-5-6-10-23(22)31/h5-6,9-15,21,28H,2-4,7-8,16-18H2,1H3,(H,32,39). The van der Waals surface area contributed by atoms with E-state index < -0.39 is 17.8 Å². The van der Waals surface area contributed by atoms with E-state index in [4.69, 9.17) is 13.9 Å². The first kappa shape index (κ1) is 27.4. The number of nitrogens with zero attached hydrogens (tertiary/aromatic N) is 5. The van der Waals surface area contributed by atoms with Gasteiger partial charge in [-0.05, 0) is 66.9 Å². The van der Waals surface area contributed by atoms with Crippen LogP contribution in [0.4, 0.5) is 4.39 Å². The first-order valence-corrected chi connectivity index (χ1v) is 14.0. The molecule has 1 aliphatic carbocycles. The third kappa shape index (κ3) is 5.97. The van der Waals surface area contributed by atoms with Crippen LogP contribution in [-0.2, 0) is 22.7 Å². The van der Waals surface area contributed by atoms with E-state index in [2.05, 4.69) is 20.7 Å². The Bertz CT molecular complexity index is 1580. The van der Waals surface area contributed by atoms with Gasteiger partial charge in [-0.15, -0.1) is 10.2 Å². The lowest BCUT2D eigenvalue weighted by molar-refractivity contribution is -0.143. The maximum absolute atomic E-state index is 14.3. The molecule has 1 N–H and O–H groups in total. The fourth-order valence-corrected chi connectivity index (χ4v) is 5.38. The normalized spacial score (nSPS) is 15.4. The van der Waals surface area contributed by atoms with E-state index in [0.717, 1.165) is 42.5 Å². The van der Waals surface area contributed by atoms with Gasteiger partial charge in [0.15, 0.2) is 17.5 Å². The second kappa shape index (κ2) is 12.0. The number of nitrogens with one attached hydrogen (secondary N) is 1. The van der Waals surface area contributed by atoms with E-state index in [1.54, 1.807) is 43.3 Å². The number of benzene rings is 2. The highest BCUT2D eigenvalue weighted by atomic mass is 19.1. The molecular formula is C30H31FN6O5. The maximum Gasteiger partial charge on any atom is 0.250 e. The van der Waals surface area contributed by atoms with Crippen molar-refractivity contribution in [3.63, 3.8) is 0 Å². The lowest BCUT2D eigenvalue weighted by Crippen LogP contribution is -2.47. The molecule has 11 nitrogen and oxygen atoms in total. The Morgan fingerprint density at radius 2 is 1.88 bits per heavy atom. The summed E-state index contributed by atoms with van der Waals surface area (Å²) in [5.74, 6) is 0.891. The SMILES string of the molecule is Cc1ccc(C(C(=O)NC2CCCCC2)N(Cc2ccc3c(c2)OCO3)C(=O)Cn2nnc(-c3ccccc3F)n2)o1. The number of hydrogen-bond donors (Lipinski definition) is 1. The van der Waals surface area contributed by atoms with E-state index in [1.165, 1.54) is 17.0 Å². The van der Waals surface area contributed by atoms with Crippen molar-refractivity contribution >= 4 is 11.8 Å². The van der Waals surface area contributed by atoms with E-state index in [1.807, 2.05) is 6.07 Å². The molecule has 1 fully saturated rings. The number of tetrazole rings is 1. The molecule has 1 saturated carbocycles. The predicted molar refractivity (Wildman–Crippen MR) is 148 cm³/mol. The molecule has 4 aromatic rings. The van der Waals surface area contributed by atoms with Crippen molar-refractivity contribution in [2.24, 2.45) is 0 Å². The third-order valence-corrected chi connectivity index (χ3v) is 7.50. The average Bonchev–Trinajstić information content (AvgIpc) is 3.75. The Labute approximate surface area is 241 Å². The van der Waals surface area contributed by atoms with Crippen LogP contribution in [0, 0.1) is 12.7 Å². The molecule has 3 heterocycles. The van der Waals surface area contributed by atoms with Crippen LogP contribution in [0.25, 0.3) is 11.4 Å². The van der Waals surface area contributed by atoms with Crippen LogP contribution in [-0.4, -0.2) is 49.8 Å². The van der Waals surface area contributed by atoms with E-state index in [0.29, 0.717) is 23.0 Å². The molecule has 218 valence electrons. The van der Waals surface area contributed by atoms with E-state index in [9.17, 15) is 14.0 Å². The highest BCUT2D eigenvalue weighted by Crippen LogP contribution is 2.34. The van der Waals surface area contributed by atoms with Gasteiger partial charge in [-0.3, -0.25) is 9.59 Å². The van der Waals surface area contributed by atoms with Crippen LogP contribution < -0.4 is 14.8 Å². The zero-order valence-electron chi connectivity index (χ0n) is 23.2. The largest absolute Gasteiger partial charge is 0.464 e. The number of aryl methyl sites for hydroxylation is 1. The summed E-state index contributed by atoms with van der Waals surface area (Å²) in [4.78, 5) is 30.5. The molecular weight excluding hydrogens is 543 g/mol. The van der Waals surface area contributed by atoms with E-state index in [-0.39, 0.29) is 43.2 Å². The van der Waals surface area contributed by atoms with Gasteiger partial charge in [0.1, 0.15) is 23.9 Å². The van der Waals surface area contributed by atoms with Gasteiger partial charge in [-0.25, -0.2) is 4.39 Å². The summed E-state index contributed by atoms with van der Waals surface area (Å²) in [6.45, 7) is 1.63. The molecule has 6 rings (SSSR count). The highest BCUT2D eigenvalue weighted by molar-refractivity contribution is 5.88. The van der Waals surface area contributed by atoms with Crippen LogP contribution in [0.15, 0.2) is 59.0 Å². The Hall–Kier alpha value is -4.74. The molecule has 1 unspecified atom stereocenters.